The van der Waals surface area contributed by atoms with Gasteiger partial charge >= 0.3 is 0 Å². The van der Waals surface area contributed by atoms with Crippen molar-refractivity contribution in [3.63, 3.8) is 0 Å². The highest BCUT2D eigenvalue weighted by molar-refractivity contribution is 5.91. The zero-order valence-electron chi connectivity index (χ0n) is 15.4. The summed E-state index contributed by atoms with van der Waals surface area (Å²) in [5.41, 5.74) is 0.944. The lowest BCUT2D eigenvalue weighted by Crippen LogP contribution is -2.55. The van der Waals surface area contributed by atoms with Crippen LogP contribution in [0.5, 0.6) is 0 Å². The molecule has 0 aromatic rings. The summed E-state index contributed by atoms with van der Waals surface area (Å²) in [4.78, 5) is 11.8. The number of aliphatic hydroxyl groups excluding tert-OH is 1. The van der Waals surface area contributed by atoms with Crippen molar-refractivity contribution in [2.24, 2.45) is 40.9 Å². The summed E-state index contributed by atoms with van der Waals surface area (Å²) in [7, 11) is 0. The fraction of sp³-hybridized carbons (Fsp3) is 0.864. The summed E-state index contributed by atoms with van der Waals surface area (Å²) >= 11 is 0. The van der Waals surface area contributed by atoms with E-state index in [1.165, 1.54) is 24.8 Å². The van der Waals surface area contributed by atoms with Gasteiger partial charge in [0.25, 0.3) is 0 Å². The smallest absolute Gasteiger partial charge is 0.155 e. The highest BCUT2D eigenvalue weighted by atomic mass is 16.3. The molecule has 0 unspecified atom stereocenters. The topological polar surface area (TPSA) is 57.5 Å². The number of carbonyl (C=O) groups is 1. The lowest BCUT2D eigenvalue weighted by Gasteiger charge is -2.57. The van der Waals surface area contributed by atoms with Crippen molar-refractivity contribution in [3.05, 3.63) is 11.6 Å². The van der Waals surface area contributed by atoms with Gasteiger partial charge in [-0.2, -0.15) is 0 Å². The van der Waals surface area contributed by atoms with E-state index in [9.17, 15) is 15.0 Å². The molecule has 3 nitrogen and oxygen atoms in total. The third-order valence-corrected chi connectivity index (χ3v) is 9.17. The van der Waals surface area contributed by atoms with Gasteiger partial charge in [0, 0.05) is 13.0 Å². The maximum Gasteiger partial charge on any atom is 0.155 e. The number of ketones is 1. The van der Waals surface area contributed by atoms with Crippen molar-refractivity contribution in [2.75, 3.05) is 6.61 Å². The summed E-state index contributed by atoms with van der Waals surface area (Å²) in [6.07, 6.45) is 11.2. The van der Waals surface area contributed by atoms with Crippen LogP contribution in [0.25, 0.3) is 0 Å². The van der Waals surface area contributed by atoms with Gasteiger partial charge in [0.1, 0.15) is 0 Å². The van der Waals surface area contributed by atoms with Crippen LogP contribution in [0.1, 0.15) is 64.7 Å². The van der Waals surface area contributed by atoms with E-state index in [-0.39, 0.29) is 12.0 Å². The standard InChI is InChI=1S/C22H32O3/c1-21-9-7-16-15-6-4-14(24)11-13(15)3-5-17(16)20(21)18-12-19(18)22(21,25)8-2-10-23/h11,15-20,23,25H,2-10,12H2,1H3/t15-,16+,17+,18-,19+,20+,21-,22-/m0/s1. The third kappa shape index (κ3) is 2.09. The molecule has 0 bridgehead atoms. The predicted octanol–water partition coefficient (Wildman–Crippen LogP) is 3.49. The summed E-state index contributed by atoms with van der Waals surface area (Å²) in [6.45, 7) is 2.56. The van der Waals surface area contributed by atoms with Crippen LogP contribution in [0.2, 0.25) is 0 Å². The van der Waals surface area contributed by atoms with Crippen LogP contribution < -0.4 is 0 Å². The van der Waals surface area contributed by atoms with Crippen molar-refractivity contribution >= 4 is 5.78 Å². The molecule has 0 amide bonds. The van der Waals surface area contributed by atoms with E-state index in [4.69, 9.17) is 0 Å². The molecular weight excluding hydrogens is 312 g/mol. The Labute approximate surface area is 150 Å². The molecule has 0 saturated heterocycles. The summed E-state index contributed by atoms with van der Waals surface area (Å²) in [6, 6.07) is 0. The van der Waals surface area contributed by atoms with Crippen LogP contribution in [-0.2, 0) is 4.79 Å². The van der Waals surface area contributed by atoms with Crippen LogP contribution in [0.4, 0.5) is 0 Å². The van der Waals surface area contributed by atoms with Gasteiger partial charge in [-0.3, -0.25) is 4.79 Å². The molecule has 0 radical (unpaired) electrons. The van der Waals surface area contributed by atoms with E-state index < -0.39 is 5.60 Å². The maximum atomic E-state index is 11.8. The zero-order valence-corrected chi connectivity index (χ0v) is 15.4. The SMILES string of the molecule is C[C@]12CC[C@H]3[C@@H](CCC4=CC(=O)CC[C@@H]43)[C@@H]1[C@H]1C[C@H]1[C@@]2(O)CCCO. The number of fused-ring (bicyclic) bond motifs is 7. The van der Waals surface area contributed by atoms with Gasteiger partial charge in [0.15, 0.2) is 5.78 Å². The summed E-state index contributed by atoms with van der Waals surface area (Å²) in [5, 5.41) is 21.0. The van der Waals surface area contributed by atoms with Gasteiger partial charge < -0.3 is 10.2 Å². The molecule has 0 spiro atoms. The van der Waals surface area contributed by atoms with Crippen LogP contribution in [0.3, 0.4) is 0 Å². The Morgan fingerprint density at radius 2 is 2.00 bits per heavy atom. The first-order chi connectivity index (χ1) is 12.0. The molecule has 4 saturated carbocycles. The normalized spacial score (nSPS) is 53.4. The Morgan fingerprint density at radius 3 is 2.80 bits per heavy atom. The van der Waals surface area contributed by atoms with Crippen molar-refractivity contribution in [3.8, 4) is 0 Å². The van der Waals surface area contributed by atoms with Gasteiger partial charge in [-0.05, 0) is 98.4 Å². The fourth-order valence-electron chi connectivity index (χ4n) is 8.13. The van der Waals surface area contributed by atoms with Crippen molar-refractivity contribution < 1.29 is 15.0 Å². The predicted molar refractivity (Wildman–Crippen MR) is 95.7 cm³/mol. The Kier molecular flexibility index (Phi) is 3.58. The number of aliphatic hydroxyl groups is 2. The average Bonchev–Trinajstić information content (AvgIpc) is 3.36. The summed E-state index contributed by atoms with van der Waals surface area (Å²) in [5.74, 6) is 4.34. The average molecular weight is 344 g/mol. The van der Waals surface area contributed by atoms with Gasteiger partial charge in [-0.1, -0.05) is 12.5 Å². The van der Waals surface area contributed by atoms with Gasteiger partial charge in [-0.15, -0.1) is 0 Å². The van der Waals surface area contributed by atoms with Gasteiger partial charge in [-0.25, -0.2) is 0 Å². The molecule has 2 N–H and O–H groups in total. The second kappa shape index (κ2) is 5.42. The van der Waals surface area contributed by atoms with Crippen molar-refractivity contribution in [1.29, 1.82) is 0 Å². The van der Waals surface area contributed by atoms with Gasteiger partial charge in [0.2, 0.25) is 0 Å². The van der Waals surface area contributed by atoms with E-state index in [0.717, 1.165) is 56.3 Å². The van der Waals surface area contributed by atoms with Crippen molar-refractivity contribution in [2.45, 2.75) is 70.3 Å². The Hall–Kier alpha value is -0.670. The summed E-state index contributed by atoms with van der Waals surface area (Å²) < 4.78 is 0. The largest absolute Gasteiger partial charge is 0.396 e. The minimum absolute atomic E-state index is 0.0443. The highest BCUT2D eigenvalue weighted by Gasteiger charge is 2.75. The minimum Gasteiger partial charge on any atom is -0.396 e. The number of rotatable bonds is 3. The molecule has 5 aliphatic rings. The number of hydrogen-bond acceptors (Lipinski definition) is 3. The van der Waals surface area contributed by atoms with Crippen molar-refractivity contribution in [1.82, 2.24) is 0 Å². The second-order valence-electron chi connectivity index (χ2n) is 9.94. The lowest BCUT2D eigenvalue weighted by atomic mass is 9.49. The molecule has 0 heterocycles. The van der Waals surface area contributed by atoms with Crippen LogP contribution >= 0.6 is 0 Å². The maximum absolute atomic E-state index is 11.8. The molecule has 5 aliphatic carbocycles. The van der Waals surface area contributed by atoms with Crippen LogP contribution in [0, 0.1) is 40.9 Å². The van der Waals surface area contributed by atoms with Gasteiger partial charge in [0.05, 0.1) is 5.60 Å². The first-order valence-electron chi connectivity index (χ1n) is 10.6. The highest BCUT2D eigenvalue weighted by Crippen LogP contribution is 2.76. The Morgan fingerprint density at radius 1 is 1.16 bits per heavy atom. The fourth-order valence-corrected chi connectivity index (χ4v) is 8.13. The molecule has 0 aromatic carbocycles. The molecule has 8 atom stereocenters. The molecule has 5 rings (SSSR count). The number of hydrogen-bond donors (Lipinski definition) is 2. The Balaban J connectivity index is 1.45. The first-order valence-corrected chi connectivity index (χ1v) is 10.6. The lowest BCUT2D eigenvalue weighted by molar-refractivity contribution is -0.144. The zero-order chi connectivity index (χ0) is 17.4. The molecular formula is C22H32O3. The van der Waals surface area contributed by atoms with E-state index in [1.54, 1.807) is 0 Å². The molecule has 0 aliphatic heterocycles. The quantitative estimate of drug-likeness (QED) is 0.824. The van der Waals surface area contributed by atoms with E-state index in [1.807, 2.05) is 6.08 Å². The Bertz CT molecular complexity index is 625. The number of carbonyl (C=O) groups excluding carboxylic acids is 1. The molecule has 3 heteroatoms. The first kappa shape index (κ1) is 16.5. The number of allylic oxidation sites excluding steroid dienone is 1. The molecule has 25 heavy (non-hydrogen) atoms. The van der Waals surface area contributed by atoms with E-state index in [2.05, 4.69) is 6.92 Å². The monoisotopic (exact) mass is 344 g/mol. The molecule has 138 valence electrons. The third-order valence-electron chi connectivity index (χ3n) is 9.17. The minimum atomic E-state index is -0.547. The molecule has 0 aromatic heterocycles. The second-order valence-corrected chi connectivity index (χ2v) is 9.94. The van der Waals surface area contributed by atoms with Crippen LogP contribution in [0.15, 0.2) is 11.6 Å². The van der Waals surface area contributed by atoms with Crippen LogP contribution in [-0.4, -0.2) is 28.2 Å². The van der Waals surface area contributed by atoms with E-state index in [0.29, 0.717) is 23.5 Å². The van der Waals surface area contributed by atoms with E-state index >= 15 is 0 Å². The molecule has 4 fully saturated rings.